The number of rotatable bonds is 6. The predicted molar refractivity (Wildman–Crippen MR) is 91.6 cm³/mol. The van der Waals surface area contributed by atoms with Crippen LogP contribution >= 0.6 is 12.2 Å². The Kier molecular flexibility index (Phi) is 4.61. The summed E-state index contributed by atoms with van der Waals surface area (Å²) in [6.45, 7) is 4.49. The van der Waals surface area contributed by atoms with Crippen LogP contribution in [0.4, 0.5) is 0 Å². The molecule has 1 atom stereocenters. The number of hydrogen-bond donors (Lipinski definition) is 2. The molecule has 1 fully saturated rings. The van der Waals surface area contributed by atoms with Gasteiger partial charge in [0, 0.05) is 6.04 Å². The fourth-order valence-electron chi connectivity index (χ4n) is 3.00. The Labute approximate surface area is 141 Å². The summed E-state index contributed by atoms with van der Waals surface area (Å²) in [4.78, 5) is 12.7. The first-order valence-electron chi connectivity index (χ1n) is 8.06. The molecule has 5 nitrogen and oxygen atoms in total. The lowest BCUT2D eigenvalue weighted by Gasteiger charge is -2.17. The van der Waals surface area contributed by atoms with Crippen LogP contribution < -0.4 is 5.32 Å². The summed E-state index contributed by atoms with van der Waals surface area (Å²) >= 11 is 5.24. The van der Waals surface area contributed by atoms with Crippen molar-refractivity contribution in [1.82, 2.24) is 20.1 Å². The number of carbonyl (C=O) groups is 1. The van der Waals surface area contributed by atoms with E-state index in [1.165, 1.54) is 0 Å². The van der Waals surface area contributed by atoms with Gasteiger partial charge in [-0.15, -0.1) is 0 Å². The number of carbonyl (C=O) groups excluding carboxylic acids is 1. The van der Waals surface area contributed by atoms with E-state index in [0.29, 0.717) is 17.2 Å². The Morgan fingerprint density at radius 3 is 2.70 bits per heavy atom. The zero-order valence-electron chi connectivity index (χ0n) is 13.5. The Balaban J connectivity index is 1.72. The van der Waals surface area contributed by atoms with Gasteiger partial charge in [0.05, 0.1) is 12.5 Å². The van der Waals surface area contributed by atoms with E-state index in [9.17, 15) is 4.79 Å². The number of nitrogens with zero attached hydrogens (tertiary/aromatic N) is 2. The van der Waals surface area contributed by atoms with E-state index >= 15 is 0 Å². The number of aromatic amines is 1. The van der Waals surface area contributed by atoms with Gasteiger partial charge in [-0.3, -0.25) is 9.89 Å². The topological polar surface area (TPSA) is 62.7 Å². The minimum absolute atomic E-state index is 0.0642. The van der Waals surface area contributed by atoms with Gasteiger partial charge in [0.2, 0.25) is 5.91 Å². The lowest BCUT2D eigenvalue weighted by molar-refractivity contribution is -0.123. The molecule has 1 saturated carbocycles. The Morgan fingerprint density at radius 2 is 2.09 bits per heavy atom. The Bertz CT molecular complexity index is 731. The van der Waals surface area contributed by atoms with Crippen molar-refractivity contribution in [3.8, 4) is 0 Å². The van der Waals surface area contributed by atoms with Crippen molar-refractivity contribution in [3.63, 3.8) is 0 Å². The average molecular weight is 330 g/mol. The van der Waals surface area contributed by atoms with Gasteiger partial charge in [-0.1, -0.05) is 30.3 Å². The molecule has 1 amide bonds. The van der Waals surface area contributed by atoms with E-state index in [-0.39, 0.29) is 17.9 Å². The maximum atomic E-state index is 12.7. The van der Waals surface area contributed by atoms with Crippen LogP contribution in [-0.4, -0.2) is 20.7 Å². The predicted octanol–water partition coefficient (Wildman–Crippen LogP) is 3.33. The first kappa shape index (κ1) is 15.9. The molecule has 0 spiro atoms. The van der Waals surface area contributed by atoms with E-state index in [2.05, 4.69) is 15.5 Å². The van der Waals surface area contributed by atoms with Crippen molar-refractivity contribution < 1.29 is 4.79 Å². The summed E-state index contributed by atoms with van der Waals surface area (Å²) in [6, 6.07) is 10.2. The summed E-state index contributed by atoms with van der Waals surface area (Å²) in [5.74, 6) is 1.23. The van der Waals surface area contributed by atoms with Crippen LogP contribution in [0.25, 0.3) is 0 Å². The quantitative estimate of drug-likeness (QED) is 0.799. The van der Waals surface area contributed by atoms with Gasteiger partial charge in [0.25, 0.3) is 0 Å². The molecule has 1 heterocycles. The van der Waals surface area contributed by atoms with E-state index < -0.39 is 0 Å². The van der Waals surface area contributed by atoms with Crippen LogP contribution in [0.15, 0.2) is 30.3 Å². The van der Waals surface area contributed by atoms with E-state index in [4.69, 9.17) is 12.2 Å². The third kappa shape index (κ3) is 3.52. The third-order valence-electron chi connectivity index (χ3n) is 4.25. The average Bonchev–Trinajstić information content (AvgIpc) is 3.28. The van der Waals surface area contributed by atoms with Crippen LogP contribution in [0.1, 0.15) is 50.0 Å². The molecule has 2 aromatic rings. The summed E-state index contributed by atoms with van der Waals surface area (Å²) in [7, 11) is 0. The first-order valence-corrected chi connectivity index (χ1v) is 8.47. The zero-order chi connectivity index (χ0) is 16.4. The van der Waals surface area contributed by atoms with Crippen molar-refractivity contribution in [2.45, 2.75) is 45.2 Å². The molecule has 1 aliphatic carbocycles. The van der Waals surface area contributed by atoms with Gasteiger partial charge in [0.15, 0.2) is 10.6 Å². The SMILES string of the molecule is CC(C)n1c(CNC(=O)[C@H](c2ccccc2)C2CC2)n[nH]c1=S. The van der Waals surface area contributed by atoms with Crippen molar-refractivity contribution in [2.75, 3.05) is 0 Å². The van der Waals surface area contributed by atoms with Gasteiger partial charge in [-0.05, 0) is 50.4 Å². The Hall–Kier alpha value is -1.95. The normalized spacial score (nSPS) is 15.6. The second-order valence-corrected chi connectivity index (χ2v) is 6.74. The van der Waals surface area contributed by atoms with E-state index in [1.807, 2.05) is 48.7 Å². The molecule has 1 aromatic heterocycles. The lowest BCUT2D eigenvalue weighted by Crippen LogP contribution is -2.31. The summed E-state index contributed by atoms with van der Waals surface area (Å²) in [5.41, 5.74) is 1.09. The minimum atomic E-state index is -0.0642. The second-order valence-electron chi connectivity index (χ2n) is 6.35. The van der Waals surface area contributed by atoms with Gasteiger partial charge >= 0.3 is 0 Å². The van der Waals surface area contributed by atoms with Crippen LogP contribution in [0, 0.1) is 10.7 Å². The molecule has 2 N–H and O–H groups in total. The van der Waals surface area contributed by atoms with E-state index in [0.717, 1.165) is 24.2 Å². The highest BCUT2D eigenvalue weighted by atomic mass is 32.1. The molecule has 0 saturated heterocycles. The summed E-state index contributed by atoms with van der Waals surface area (Å²) in [5, 5.41) is 10.1. The highest BCUT2D eigenvalue weighted by Crippen LogP contribution is 2.42. The van der Waals surface area contributed by atoms with Crippen LogP contribution in [0.3, 0.4) is 0 Å². The first-order chi connectivity index (χ1) is 11.1. The van der Waals surface area contributed by atoms with Gasteiger partial charge in [-0.25, -0.2) is 0 Å². The number of hydrogen-bond acceptors (Lipinski definition) is 3. The van der Waals surface area contributed by atoms with Gasteiger partial charge in [0.1, 0.15) is 0 Å². The number of amides is 1. The molecule has 0 unspecified atom stereocenters. The maximum absolute atomic E-state index is 12.7. The van der Waals surface area contributed by atoms with Crippen molar-refractivity contribution in [1.29, 1.82) is 0 Å². The molecule has 0 radical (unpaired) electrons. The van der Waals surface area contributed by atoms with Crippen LogP contribution in [0.5, 0.6) is 0 Å². The smallest absolute Gasteiger partial charge is 0.228 e. The summed E-state index contributed by atoms with van der Waals surface area (Å²) < 4.78 is 2.52. The number of nitrogens with one attached hydrogen (secondary N) is 2. The fourth-order valence-corrected chi connectivity index (χ4v) is 3.36. The molecular weight excluding hydrogens is 308 g/mol. The maximum Gasteiger partial charge on any atom is 0.228 e. The van der Waals surface area contributed by atoms with Crippen molar-refractivity contribution >= 4 is 18.1 Å². The number of H-pyrrole nitrogens is 1. The molecule has 122 valence electrons. The van der Waals surface area contributed by atoms with E-state index in [1.54, 1.807) is 0 Å². The Morgan fingerprint density at radius 1 is 1.39 bits per heavy atom. The largest absolute Gasteiger partial charge is 0.348 e. The molecule has 3 rings (SSSR count). The zero-order valence-corrected chi connectivity index (χ0v) is 14.3. The van der Waals surface area contributed by atoms with Gasteiger partial charge < -0.3 is 9.88 Å². The molecule has 1 aromatic carbocycles. The van der Waals surface area contributed by atoms with Crippen LogP contribution in [0.2, 0.25) is 0 Å². The fraction of sp³-hybridized carbons (Fsp3) is 0.471. The molecular formula is C17H22N4OS. The van der Waals surface area contributed by atoms with Gasteiger partial charge in [-0.2, -0.15) is 5.10 Å². The summed E-state index contributed by atoms with van der Waals surface area (Å²) in [6.07, 6.45) is 2.25. The molecule has 23 heavy (non-hydrogen) atoms. The monoisotopic (exact) mass is 330 g/mol. The van der Waals surface area contributed by atoms with Crippen molar-refractivity contribution in [3.05, 3.63) is 46.5 Å². The number of benzene rings is 1. The molecule has 0 bridgehead atoms. The standard InChI is InChI=1S/C17H22N4OS/c1-11(2)21-14(19-20-17(21)23)10-18-16(22)15(13-8-9-13)12-6-4-3-5-7-12/h3-7,11,13,15H,8-10H2,1-2H3,(H,18,22)(H,20,23)/t15-/m1/s1. The number of aromatic nitrogens is 3. The molecule has 0 aliphatic heterocycles. The highest BCUT2D eigenvalue weighted by Gasteiger charge is 2.37. The highest BCUT2D eigenvalue weighted by molar-refractivity contribution is 7.71. The second kappa shape index (κ2) is 6.66. The molecule has 6 heteroatoms. The van der Waals surface area contributed by atoms with Crippen molar-refractivity contribution in [2.24, 2.45) is 5.92 Å². The third-order valence-corrected chi connectivity index (χ3v) is 4.54. The molecule has 1 aliphatic rings. The minimum Gasteiger partial charge on any atom is -0.348 e. The van der Waals surface area contributed by atoms with Crippen LogP contribution in [-0.2, 0) is 11.3 Å². The lowest BCUT2D eigenvalue weighted by atomic mass is 9.93.